The molecule has 4 aromatic rings. The Morgan fingerprint density at radius 3 is 2.24 bits per heavy atom. The first-order valence-corrected chi connectivity index (χ1v) is 12.8. The van der Waals surface area contributed by atoms with Gasteiger partial charge in [-0.3, -0.25) is 4.79 Å². The first-order chi connectivity index (χ1) is 18.5. The molecule has 10 heteroatoms. The van der Waals surface area contributed by atoms with Gasteiger partial charge in [-0.15, -0.1) is 5.10 Å². The first kappa shape index (κ1) is 23.9. The molecule has 0 spiro atoms. The summed E-state index contributed by atoms with van der Waals surface area (Å²) in [6.45, 7) is 6.63. The highest BCUT2D eigenvalue weighted by molar-refractivity contribution is 6.00. The topological polar surface area (TPSA) is 104 Å². The summed E-state index contributed by atoms with van der Waals surface area (Å²) < 4.78 is 7.34. The molecule has 2 N–H and O–H groups in total. The minimum absolute atomic E-state index is 0.0242. The zero-order valence-corrected chi connectivity index (χ0v) is 21.1. The molecule has 0 unspecified atom stereocenters. The van der Waals surface area contributed by atoms with Crippen molar-refractivity contribution in [1.82, 2.24) is 19.5 Å². The van der Waals surface area contributed by atoms with E-state index in [-0.39, 0.29) is 11.9 Å². The molecule has 2 fully saturated rings. The van der Waals surface area contributed by atoms with Crippen molar-refractivity contribution in [2.45, 2.75) is 6.92 Å². The van der Waals surface area contributed by atoms with Crippen LogP contribution >= 0.6 is 0 Å². The molecule has 0 atom stereocenters. The third-order valence-electron chi connectivity index (χ3n) is 6.82. The number of amides is 3. The standard InChI is InChI=1S/C28H29N7O3/c1-19-17-34(18-19)27(36)21-6-10-23(11-7-21)30-28(37)29-22-8-4-20(5-9-22)25-31-26(33-13-15-38-16-14-33)24-3-2-12-35(24)32-25/h2-12,19H,13-18H2,1H3,(H2,29,30,37). The van der Waals surface area contributed by atoms with E-state index in [1.165, 1.54) is 0 Å². The Morgan fingerprint density at radius 1 is 0.921 bits per heavy atom. The zero-order valence-electron chi connectivity index (χ0n) is 21.1. The lowest BCUT2D eigenvalue weighted by Gasteiger charge is -2.37. The Balaban J connectivity index is 1.11. The molecular weight excluding hydrogens is 482 g/mol. The van der Waals surface area contributed by atoms with E-state index in [1.807, 2.05) is 52.0 Å². The molecule has 0 saturated carbocycles. The number of benzene rings is 2. The summed E-state index contributed by atoms with van der Waals surface area (Å²) in [5.41, 5.74) is 3.67. The molecule has 2 saturated heterocycles. The van der Waals surface area contributed by atoms with Gasteiger partial charge in [0.15, 0.2) is 11.6 Å². The van der Waals surface area contributed by atoms with Gasteiger partial charge in [0.1, 0.15) is 5.52 Å². The number of likely N-dealkylation sites (tertiary alicyclic amines) is 1. The maximum Gasteiger partial charge on any atom is 0.323 e. The van der Waals surface area contributed by atoms with Gasteiger partial charge in [-0.25, -0.2) is 14.3 Å². The van der Waals surface area contributed by atoms with Crippen molar-refractivity contribution < 1.29 is 14.3 Å². The van der Waals surface area contributed by atoms with Crippen molar-refractivity contribution in [2.24, 2.45) is 5.92 Å². The van der Waals surface area contributed by atoms with Crippen molar-refractivity contribution in [1.29, 1.82) is 0 Å². The van der Waals surface area contributed by atoms with E-state index in [2.05, 4.69) is 27.6 Å². The number of carbonyl (C=O) groups excluding carboxylic acids is 2. The van der Waals surface area contributed by atoms with Crippen LogP contribution in [0.1, 0.15) is 17.3 Å². The highest BCUT2D eigenvalue weighted by atomic mass is 16.5. The van der Waals surface area contributed by atoms with E-state index in [0.29, 0.717) is 41.9 Å². The van der Waals surface area contributed by atoms with Gasteiger partial charge in [-0.2, -0.15) is 0 Å². The number of aromatic nitrogens is 3. The fourth-order valence-corrected chi connectivity index (χ4v) is 4.79. The van der Waals surface area contributed by atoms with Crippen molar-refractivity contribution in [3.05, 3.63) is 72.4 Å². The normalized spacial score (nSPS) is 15.8. The predicted molar refractivity (Wildman–Crippen MR) is 146 cm³/mol. The van der Waals surface area contributed by atoms with Crippen molar-refractivity contribution in [2.75, 3.05) is 54.9 Å². The summed E-state index contributed by atoms with van der Waals surface area (Å²) in [7, 11) is 0. The van der Waals surface area contributed by atoms with Crippen LogP contribution in [0.25, 0.3) is 16.9 Å². The van der Waals surface area contributed by atoms with Gasteiger partial charge in [-0.1, -0.05) is 6.92 Å². The van der Waals surface area contributed by atoms with Crippen molar-refractivity contribution in [3.8, 4) is 11.4 Å². The number of nitrogens with zero attached hydrogens (tertiary/aromatic N) is 5. The van der Waals surface area contributed by atoms with E-state index in [0.717, 1.165) is 43.1 Å². The molecule has 6 rings (SSSR count). The highest BCUT2D eigenvalue weighted by Gasteiger charge is 2.27. The summed E-state index contributed by atoms with van der Waals surface area (Å²) in [5.74, 6) is 2.07. The molecule has 10 nitrogen and oxygen atoms in total. The molecule has 2 aliphatic rings. The lowest BCUT2D eigenvalue weighted by Crippen LogP contribution is -2.48. The van der Waals surface area contributed by atoms with E-state index in [9.17, 15) is 9.59 Å². The maximum atomic E-state index is 12.6. The average molecular weight is 512 g/mol. The number of morpholine rings is 1. The van der Waals surface area contributed by atoms with Crippen molar-refractivity contribution in [3.63, 3.8) is 0 Å². The van der Waals surface area contributed by atoms with Crippen LogP contribution in [0.15, 0.2) is 66.9 Å². The van der Waals surface area contributed by atoms with Gasteiger partial charge in [-0.05, 0) is 66.6 Å². The monoisotopic (exact) mass is 511 g/mol. The summed E-state index contributed by atoms with van der Waals surface area (Å²) >= 11 is 0. The summed E-state index contributed by atoms with van der Waals surface area (Å²) in [5, 5.41) is 10.3. The van der Waals surface area contributed by atoms with Crippen molar-refractivity contribution >= 4 is 34.6 Å². The first-order valence-electron chi connectivity index (χ1n) is 12.8. The maximum absolute atomic E-state index is 12.6. The predicted octanol–water partition coefficient (Wildman–Crippen LogP) is 3.97. The van der Waals surface area contributed by atoms with Crippen LogP contribution in [0.2, 0.25) is 0 Å². The molecule has 4 heterocycles. The van der Waals surface area contributed by atoms with Gasteiger partial charge in [0.05, 0.1) is 13.2 Å². The summed E-state index contributed by atoms with van der Waals surface area (Å²) in [4.78, 5) is 33.9. The number of ether oxygens (including phenoxy) is 1. The van der Waals surface area contributed by atoms with E-state index >= 15 is 0 Å². The Bertz CT molecular complexity index is 1450. The van der Waals surface area contributed by atoms with E-state index < -0.39 is 0 Å². The highest BCUT2D eigenvalue weighted by Crippen LogP contribution is 2.25. The molecule has 0 aliphatic carbocycles. The summed E-state index contributed by atoms with van der Waals surface area (Å²) in [6, 6.07) is 18.0. The second kappa shape index (κ2) is 10.1. The SMILES string of the molecule is CC1CN(C(=O)c2ccc(NC(=O)Nc3ccc(-c4nc(N5CCOCC5)c5cccn5n4)cc3)cc2)C1. The van der Waals surface area contributed by atoms with Crippen LogP contribution in [-0.4, -0.2) is 70.8 Å². The van der Waals surface area contributed by atoms with Gasteiger partial charge in [0.25, 0.3) is 5.91 Å². The average Bonchev–Trinajstić information content (AvgIpc) is 3.41. The second-order valence-corrected chi connectivity index (χ2v) is 9.75. The van der Waals surface area contributed by atoms with Crippen LogP contribution in [0.5, 0.6) is 0 Å². The van der Waals surface area contributed by atoms with Gasteiger partial charge in [0.2, 0.25) is 0 Å². The number of hydrogen-bond acceptors (Lipinski definition) is 6. The third-order valence-corrected chi connectivity index (χ3v) is 6.82. The number of anilines is 3. The minimum atomic E-state index is -0.368. The molecule has 0 bridgehead atoms. The lowest BCUT2D eigenvalue weighted by atomic mass is 10.0. The Labute approximate surface area is 220 Å². The molecule has 2 aromatic heterocycles. The van der Waals surface area contributed by atoms with Crippen LogP contribution in [0.4, 0.5) is 22.0 Å². The van der Waals surface area contributed by atoms with Crippen LogP contribution in [-0.2, 0) is 4.74 Å². The van der Waals surface area contributed by atoms with Crippen LogP contribution < -0.4 is 15.5 Å². The van der Waals surface area contributed by atoms with Gasteiger partial charge in [0, 0.05) is 54.9 Å². The molecule has 2 aromatic carbocycles. The zero-order chi connectivity index (χ0) is 26.1. The second-order valence-electron chi connectivity index (χ2n) is 9.75. The van der Waals surface area contributed by atoms with Gasteiger partial charge >= 0.3 is 6.03 Å². The molecule has 2 aliphatic heterocycles. The largest absolute Gasteiger partial charge is 0.378 e. The minimum Gasteiger partial charge on any atom is -0.378 e. The lowest BCUT2D eigenvalue weighted by molar-refractivity contribution is 0.0530. The fourth-order valence-electron chi connectivity index (χ4n) is 4.79. The molecule has 0 radical (unpaired) electrons. The molecule has 194 valence electrons. The number of nitrogens with one attached hydrogen (secondary N) is 2. The van der Waals surface area contributed by atoms with Crippen LogP contribution in [0.3, 0.4) is 0 Å². The quantitative estimate of drug-likeness (QED) is 0.420. The van der Waals surface area contributed by atoms with E-state index in [4.69, 9.17) is 9.72 Å². The Hall–Kier alpha value is -4.44. The fraction of sp³-hybridized carbons (Fsp3) is 0.286. The smallest absolute Gasteiger partial charge is 0.323 e. The Kier molecular flexibility index (Phi) is 6.38. The summed E-state index contributed by atoms with van der Waals surface area (Å²) in [6.07, 6.45) is 1.92. The number of rotatable bonds is 5. The number of hydrogen-bond donors (Lipinski definition) is 2. The third kappa shape index (κ3) is 4.90. The molecule has 3 amide bonds. The number of carbonyl (C=O) groups is 2. The number of urea groups is 1. The van der Waals surface area contributed by atoms with Crippen LogP contribution in [0, 0.1) is 5.92 Å². The number of fused-ring (bicyclic) bond motifs is 1. The van der Waals surface area contributed by atoms with Gasteiger partial charge < -0.3 is 25.2 Å². The van der Waals surface area contributed by atoms with E-state index in [1.54, 1.807) is 24.3 Å². The molecular formula is C28H29N7O3. The Morgan fingerprint density at radius 2 is 1.58 bits per heavy atom. The molecule has 38 heavy (non-hydrogen) atoms.